The van der Waals surface area contributed by atoms with Crippen LogP contribution >= 0.6 is 0 Å². The van der Waals surface area contributed by atoms with Crippen molar-refractivity contribution in [2.24, 2.45) is 0 Å². The van der Waals surface area contributed by atoms with Crippen LogP contribution in [0, 0.1) is 0 Å². The van der Waals surface area contributed by atoms with Crippen LogP contribution in [0.3, 0.4) is 0 Å². The molecule has 0 aromatic heterocycles. The fourth-order valence-corrected chi connectivity index (χ4v) is 2.85. The SMILES string of the molecule is CN(C)S(=O)(=O)c1ccc(NC2CCNC2)cc1. The van der Waals surface area contributed by atoms with Crippen LogP contribution in [0.2, 0.25) is 0 Å². The van der Waals surface area contributed by atoms with Crippen LogP contribution in [-0.4, -0.2) is 45.9 Å². The highest BCUT2D eigenvalue weighted by Gasteiger charge is 2.17. The molecule has 1 saturated heterocycles. The van der Waals surface area contributed by atoms with Crippen LogP contribution in [0.5, 0.6) is 0 Å². The second kappa shape index (κ2) is 5.26. The van der Waals surface area contributed by atoms with Gasteiger partial charge >= 0.3 is 0 Å². The Hall–Kier alpha value is -1.11. The van der Waals surface area contributed by atoms with E-state index in [2.05, 4.69) is 10.6 Å². The predicted octanol–water partition coefficient (Wildman–Crippen LogP) is 0.711. The summed E-state index contributed by atoms with van der Waals surface area (Å²) in [6.07, 6.45) is 1.09. The first kappa shape index (κ1) is 13.3. The molecule has 1 unspecified atom stereocenters. The molecular formula is C12H19N3O2S. The molecule has 100 valence electrons. The van der Waals surface area contributed by atoms with Gasteiger partial charge in [0.2, 0.25) is 10.0 Å². The summed E-state index contributed by atoms with van der Waals surface area (Å²) < 4.78 is 25.0. The Kier molecular flexibility index (Phi) is 3.89. The molecule has 1 heterocycles. The van der Waals surface area contributed by atoms with Gasteiger partial charge in [0, 0.05) is 32.4 Å². The zero-order valence-electron chi connectivity index (χ0n) is 10.7. The highest BCUT2D eigenvalue weighted by Crippen LogP contribution is 2.18. The average Bonchev–Trinajstić information content (AvgIpc) is 2.82. The summed E-state index contributed by atoms with van der Waals surface area (Å²) in [4.78, 5) is 0.322. The monoisotopic (exact) mass is 269 g/mol. The van der Waals surface area contributed by atoms with Crippen LogP contribution in [0.4, 0.5) is 5.69 Å². The quantitative estimate of drug-likeness (QED) is 0.845. The molecule has 5 nitrogen and oxygen atoms in total. The molecule has 0 saturated carbocycles. The largest absolute Gasteiger partial charge is 0.381 e. The van der Waals surface area contributed by atoms with E-state index in [4.69, 9.17) is 0 Å². The Morgan fingerprint density at radius 2 is 1.94 bits per heavy atom. The molecule has 6 heteroatoms. The number of anilines is 1. The number of sulfonamides is 1. The number of nitrogens with zero attached hydrogens (tertiary/aromatic N) is 1. The minimum absolute atomic E-state index is 0.322. The topological polar surface area (TPSA) is 61.4 Å². The molecule has 0 bridgehead atoms. The van der Waals surface area contributed by atoms with E-state index in [0.717, 1.165) is 25.2 Å². The van der Waals surface area contributed by atoms with E-state index in [0.29, 0.717) is 10.9 Å². The fraction of sp³-hybridized carbons (Fsp3) is 0.500. The maximum absolute atomic E-state index is 11.9. The third-order valence-electron chi connectivity index (χ3n) is 3.06. The molecule has 0 aliphatic carbocycles. The van der Waals surface area contributed by atoms with E-state index in [9.17, 15) is 8.42 Å². The van der Waals surface area contributed by atoms with Gasteiger partial charge in [-0.1, -0.05) is 0 Å². The van der Waals surface area contributed by atoms with Crippen molar-refractivity contribution in [2.75, 3.05) is 32.5 Å². The second-order valence-electron chi connectivity index (χ2n) is 4.65. The van der Waals surface area contributed by atoms with Gasteiger partial charge < -0.3 is 10.6 Å². The second-order valence-corrected chi connectivity index (χ2v) is 6.80. The van der Waals surface area contributed by atoms with E-state index >= 15 is 0 Å². The molecule has 1 aliphatic heterocycles. The van der Waals surface area contributed by atoms with Gasteiger partial charge in [0.15, 0.2) is 0 Å². The molecule has 2 rings (SSSR count). The van der Waals surface area contributed by atoms with Crippen LogP contribution < -0.4 is 10.6 Å². The van der Waals surface area contributed by atoms with Crippen molar-refractivity contribution in [1.82, 2.24) is 9.62 Å². The Morgan fingerprint density at radius 1 is 1.28 bits per heavy atom. The van der Waals surface area contributed by atoms with Gasteiger partial charge in [0.1, 0.15) is 0 Å². The fourth-order valence-electron chi connectivity index (χ4n) is 1.95. The van der Waals surface area contributed by atoms with Gasteiger partial charge in [-0.3, -0.25) is 0 Å². The molecule has 1 aromatic carbocycles. The lowest BCUT2D eigenvalue weighted by Crippen LogP contribution is -2.23. The predicted molar refractivity (Wildman–Crippen MR) is 72.2 cm³/mol. The first-order valence-corrected chi connectivity index (χ1v) is 7.44. The van der Waals surface area contributed by atoms with Gasteiger partial charge in [0.05, 0.1) is 4.90 Å². The van der Waals surface area contributed by atoms with E-state index in [1.807, 2.05) is 12.1 Å². The maximum atomic E-state index is 11.9. The summed E-state index contributed by atoms with van der Waals surface area (Å²) in [5, 5.41) is 6.66. The molecule has 1 aliphatic rings. The lowest BCUT2D eigenvalue weighted by atomic mass is 10.2. The standard InChI is InChI=1S/C12H19N3O2S/c1-15(2)18(16,17)12-5-3-10(4-6-12)14-11-7-8-13-9-11/h3-6,11,13-14H,7-9H2,1-2H3. The summed E-state index contributed by atoms with van der Waals surface area (Å²) in [5.74, 6) is 0. The van der Waals surface area contributed by atoms with E-state index in [1.165, 1.54) is 18.4 Å². The Labute approximate surface area is 108 Å². The van der Waals surface area contributed by atoms with Crippen LogP contribution in [0.1, 0.15) is 6.42 Å². The van der Waals surface area contributed by atoms with Crippen LogP contribution in [0.15, 0.2) is 29.2 Å². The minimum Gasteiger partial charge on any atom is -0.381 e. The summed E-state index contributed by atoms with van der Waals surface area (Å²) in [5.41, 5.74) is 0.960. The molecule has 0 radical (unpaired) electrons. The third-order valence-corrected chi connectivity index (χ3v) is 4.89. The lowest BCUT2D eigenvalue weighted by molar-refractivity contribution is 0.521. The van der Waals surface area contributed by atoms with Crippen molar-refractivity contribution in [1.29, 1.82) is 0 Å². The maximum Gasteiger partial charge on any atom is 0.242 e. The van der Waals surface area contributed by atoms with Gasteiger partial charge in [0.25, 0.3) is 0 Å². The highest BCUT2D eigenvalue weighted by molar-refractivity contribution is 7.89. The summed E-state index contributed by atoms with van der Waals surface area (Å²) in [7, 11) is -0.261. The van der Waals surface area contributed by atoms with Crippen LogP contribution in [-0.2, 0) is 10.0 Å². The average molecular weight is 269 g/mol. The van der Waals surface area contributed by atoms with E-state index in [1.54, 1.807) is 12.1 Å². The van der Waals surface area contributed by atoms with E-state index < -0.39 is 10.0 Å². The van der Waals surface area contributed by atoms with Crippen LogP contribution in [0.25, 0.3) is 0 Å². The van der Waals surface area contributed by atoms with Crippen molar-refractivity contribution in [2.45, 2.75) is 17.4 Å². The molecule has 0 amide bonds. The van der Waals surface area contributed by atoms with E-state index in [-0.39, 0.29) is 0 Å². The number of benzene rings is 1. The zero-order chi connectivity index (χ0) is 13.2. The van der Waals surface area contributed by atoms with Crippen molar-refractivity contribution >= 4 is 15.7 Å². The molecular weight excluding hydrogens is 250 g/mol. The van der Waals surface area contributed by atoms with Gasteiger partial charge in [-0.25, -0.2) is 12.7 Å². The highest BCUT2D eigenvalue weighted by atomic mass is 32.2. The number of rotatable bonds is 4. The number of hydrogen-bond acceptors (Lipinski definition) is 4. The molecule has 2 N–H and O–H groups in total. The molecule has 1 aromatic rings. The first-order chi connectivity index (χ1) is 8.50. The Morgan fingerprint density at radius 3 is 2.44 bits per heavy atom. The third kappa shape index (κ3) is 2.82. The number of nitrogens with one attached hydrogen (secondary N) is 2. The summed E-state index contributed by atoms with van der Waals surface area (Å²) >= 11 is 0. The normalized spacial score (nSPS) is 20.3. The summed E-state index contributed by atoms with van der Waals surface area (Å²) in [6.45, 7) is 1.99. The number of hydrogen-bond donors (Lipinski definition) is 2. The van der Waals surface area contributed by atoms with Crippen molar-refractivity contribution < 1.29 is 8.42 Å². The zero-order valence-corrected chi connectivity index (χ0v) is 11.5. The van der Waals surface area contributed by atoms with Crippen molar-refractivity contribution in [3.05, 3.63) is 24.3 Å². The molecule has 18 heavy (non-hydrogen) atoms. The first-order valence-electron chi connectivity index (χ1n) is 6.00. The molecule has 0 spiro atoms. The minimum atomic E-state index is -3.33. The summed E-state index contributed by atoms with van der Waals surface area (Å²) in [6, 6.07) is 7.34. The smallest absolute Gasteiger partial charge is 0.242 e. The molecule has 1 atom stereocenters. The Balaban J connectivity index is 2.10. The van der Waals surface area contributed by atoms with Gasteiger partial charge in [-0.2, -0.15) is 0 Å². The Bertz CT molecular complexity index is 491. The van der Waals surface area contributed by atoms with Crippen molar-refractivity contribution in [3.8, 4) is 0 Å². The van der Waals surface area contributed by atoms with Gasteiger partial charge in [-0.05, 0) is 37.2 Å². The van der Waals surface area contributed by atoms with Crippen molar-refractivity contribution in [3.63, 3.8) is 0 Å². The lowest BCUT2D eigenvalue weighted by Gasteiger charge is -2.14. The van der Waals surface area contributed by atoms with Gasteiger partial charge in [-0.15, -0.1) is 0 Å². The molecule has 1 fully saturated rings.